The molecule has 0 spiro atoms. The van der Waals surface area contributed by atoms with E-state index in [1.807, 2.05) is 12.1 Å². The van der Waals surface area contributed by atoms with E-state index in [0.717, 1.165) is 36.2 Å². The molecule has 1 aromatic carbocycles. The van der Waals surface area contributed by atoms with Gasteiger partial charge < -0.3 is 0 Å². The van der Waals surface area contributed by atoms with Crippen molar-refractivity contribution in [2.24, 2.45) is 17.8 Å². The third-order valence-electron chi connectivity index (χ3n) is 7.66. The van der Waals surface area contributed by atoms with Gasteiger partial charge in [0.1, 0.15) is 0 Å². The van der Waals surface area contributed by atoms with E-state index < -0.39 is 0 Å². The van der Waals surface area contributed by atoms with Crippen LogP contribution in [0, 0.1) is 29.1 Å². The molecule has 2 fully saturated rings. The first kappa shape index (κ1) is 22.1. The lowest BCUT2D eigenvalue weighted by molar-refractivity contribution is 0.155. The lowest BCUT2D eigenvalue weighted by Gasteiger charge is -2.38. The molecular weight excluding hydrogens is 357 g/mol. The maximum Gasteiger partial charge on any atom is 0.0991 e. The van der Waals surface area contributed by atoms with Crippen LogP contribution in [0.1, 0.15) is 107 Å². The van der Waals surface area contributed by atoms with E-state index in [2.05, 4.69) is 18.2 Å². The first-order chi connectivity index (χ1) is 14.3. The van der Waals surface area contributed by atoms with E-state index >= 15 is 0 Å². The highest BCUT2D eigenvalue weighted by molar-refractivity contribution is 5.33. The molecule has 3 rings (SSSR count). The highest BCUT2D eigenvalue weighted by Gasteiger charge is 2.31. The van der Waals surface area contributed by atoms with Crippen molar-refractivity contribution in [3.8, 4) is 6.07 Å². The molecule has 0 unspecified atom stereocenters. The summed E-state index contributed by atoms with van der Waals surface area (Å²) >= 11 is 0. The first-order valence-corrected chi connectivity index (χ1v) is 12.1. The highest BCUT2D eigenvalue weighted by atomic mass is 19.1. The van der Waals surface area contributed by atoms with Gasteiger partial charge in [-0.15, -0.1) is 0 Å². The van der Waals surface area contributed by atoms with Gasteiger partial charge in [0.15, 0.2) is 0 Å². The summed E-state index contributed by atoms with van der Waals surface area (Å²) in [7, 11) is 0. The smallest absolute Gasteiger partial charge is 0.0991 e. The lowest BCUT2D eigenvalue weighted by Crippen LogP contribution is -2.25. The molecule has 1 aromatic rings. The van der Waals surface area contributed by atoms with E-state index in [9.17, 15) is 4.39 Å². The van der Waals surface area contributed by atoms with Gasteiger partial charge in [0.2, 0.25) is 0 Å². The van der Waals surface area contributed by atoms with Crippen LogP contribution in [0.5, 0.6) is 0 Å². The molecule has 0 N–H and O–H groups in total. The number of rotatable bonds is 9. The van der Waals surface area contributed by atoms with Crippen LogP contribution in [0.15, 0.2) is 36.7 Å². The molecule has 2 heteroatoms. The molecule has 2 aliphatic rings. The zero-order valence-electron chi connectivity index (χ0n) is 18.0. The summed E-state index contributed by atoms with van der Waals surface area (Å²) in [6, 6.07) is 10.5. The van der Waals surface area contributed by atoms with Crippen LogP contribution in [0.25, 0.3) is 0 Å². The lowest BCUT2D eigenvalue weighted by atomic mass is 9.68. The maximum atomic E-state index is 11.9. The second-order valence-corrected chi connectivity index (χ2v) is 9.48. The van der Waals surface area contributed by atoms with Gasteiger partial charge in [-0.3, -0.25) is 0 Å². The Morgan fingerprint density at radius 3 is 2.07 bits per heavy atom. The van der Waals surface area contributed by atoms with Gasteiger partial charge in [-0.1, -0.05) is 56.7 Å². The zero-order chi connectivity index (χ0) is 20.3. The summed E-state index contributed by atoms with van der Waals surface area (Å²) in [4.78, 5) is 0. The molecule has 0 radical (unpaired) electrons. The number of benzene rings is 1. The minimum atomic E-state index is 0.679. The average Bonchev–Trinajstić information content (AvgIpc) is 2.79. The van der Waals surface area contributed by atoms with E-state index in [-0.39, 0.29) is 0 Å². The van der Waals surface area contributed by atoms with Gasteiger partial charge in [-0.2, -0.15) is 5.26 Å². The summed E-state index contributed by atoms with van der Waals surface area (Å²) < 4.78 is 11.9. The Bertz CT molecular complexity index is 640. The Labute approximate surface area is 177 Å². The third kappa shape index (κ3) is 6.98. The van der Waals surface area contributed by atoms with Crippen molar-refractivity contribution in [2.75, 3.05) is 0 Å². The Morgan fingerprint density at radius 2 is 1.45 bits per heavy atom. The van der Waals surface area contributed by atoms with Crippen molar-refractivity contribution < 1.29 is 4.39 Å². The molecule has 0 atom stereocenters. The molecule has 2 aliphatic carbocycles. The van der Waals surface area contributed by atoms with E-state index in [0.29, 0.717) is 12.2 Å². The summed E-state index contributed by atoms with van der Waals surface area (Å²) in [5.41, 5.74) is 2.21. The van der Waals surface area contributed by atoms with Crippen molar-refractivity contribution in [3.05, 3.63) is 47.8 Å². The van der Waals surface area contributed by atoms with Crippen LogP contribution in [0.3, 0.4) is 0 Å². The minimum Gasteiger partial charge on any atom is -0.216 e. The second-order valence-electron chi connectivity index (χ2n) is 9.48. The maximum absolute atomic E-state index is 11.9. The van der Waals surface area contributed by atoms with Gasteiger partial charge in [-0.05, 0) is 92.7 Å². The Balaban J connectivity index is 1.30. The fourth-order valence-electron chi connectivity index (χ4n) is 5.81. The minimum absolute atomic E-state index is 0.679. The van der Waals surface area contributed by atoms with Crippen LogP contribution in [-0.4, -0.2) is 0 Å². The van der Waals surface area contributed by atoms with Gasteiger partial charge in [-0.25, -0.2) is 4.39 Å². The fourth-order valence-corrected chi connectivity index (χ4v) is 5.81. The molecule has 0 aromatic heterocycles. The van der Waals surface area contributed by atoms with Crippen LogP contribution in [-0.2, 0) is 0 Å². The molecule has 0 aliphatic heterocycles. The number of allylic oxidation sites excluding steroid dienone is 1. The number of hydrogen-bond donors (Lipinski definition) is 0. The molecule has 158 valence electrons. The molecule has 0 saturated heterocycles. The van der Waals surface area contributed by atoms with Crippen LogP contribution >= 0.6 is 0 Å². The molecule has 0 bridgehead atoms. The monoisotopic (exact) mass is 395 g/mol. The second kappa shape index (κ2) is 12.2. The first-order valence-electron chi connectivity index (χ1n) is 12.1. The standard InChI is InChI=1S/C27H38FN/c28-20-6-4-2-1-3-5-7-22-8-12-24(13-9-22)26-16-18-27(19-17-26)25-14-10-23(21-29)11-15-25/h6,10-11,14-15,20,22,24,26-27H,1-5,7-9,12-13,16-19H2/b20-6+. The predicted molar refractivity (Wildman–Crippen MR) is 119 cm³/mol. The Kier molecular flexibility index (Phi) is 9.26. The Morgan fingerprint density at radius 1 is 0.828 bits per heavy atom. The van der Waals surface area contributed by atoms with Crippen molar-refractivity contribution in [3.63, 3.8) is 0 Å². The third-order valence-corrected chi connectivity index (χ3v) is 7.66. The zero-order valence-corrected chi connectivity index (χ0v) is 18.0. The van der Waals surface area contributed by atoms with E-state index in [1.54, 1.807) is 6.08 Å². The molecule has 29 heavy (non-hydrogen) atoms. The summed E-state index contributed by atoms with van der Waals surface area (Å²) in [5.74, 6) is 3.59. The van der Waals surface area contributed by atoms with Crippen LogP contribution in [0.4, 0.5) is 4.39 Å². The number of unbranched alkanes of at least 4 members (excludes halogenated alkanes) is 4. The van der Waals surface area contributed by atoms with Gasteiger partial charge in [0.05, 0.1) is 18.0 Å². The average molecular weight is 396 g/mol. The molecule has 0 heterocycles. The summed E-state index contributed by atoms with van der Waals surface area (Å²) in [6.45, 7) is 0. The summed E-state index contributed by atoms with van der Waals surface area (Å²) in [5, 5.41) is 8.97. The van der Waals surface area contributed by atoms with Gasteiger partial charge in [0, 0.05) is 0 Å². The molecule has 1 nitrogen and oxygen atoms in total. The van der Waals surface area contributed by atoms with Crippen molar-refractivity contribution in [1.29, 1.82) is 5.26 Å². The number of nitriles is 1. The molecule has 0 amide bonds. The predicted octanol–water partition coefficient (Wildman–Crippen LogP) is 8.46. The molecular formula is C27H38FN. The van der Waals surface area contributed by atoms with Crippen molar-refractivity contribution in [2.45, 2.75) is 95.8 Å². The van der Waals surface area contributed by atoms with E-state index in [1.165, 1.54) is 82.6 Å². The summed E-state index contributed by atoms with van der Waals surface area (Å²) in [6.07, 6.45) is 21.0. The number of hydrogen-bond acceptors (Lipinski definition) is 1. The van der Waals surface area contributed by atoms with Crippen LogP contribution in [0.2, 0.25) is 0 Å². The Hall–Kier alpha value is -1.62. The quantitative estimate of drug-likeness (QED) is 0.385. The molecule has 2 saturated carbocycles. The van der Waals surface area contributed by atoms with Crippen molar-refractivity contribution in [1.82, 2.24) is 0 Å². The number of halogens is 1. The number of nitrogens with zero attached hydrogens (tertiary/aromatic N) is 1. The largest absolute Gasteiger partial charge is 0.216 e. The van der Waals surface area contributed by atoms with Gasteiger partial charge in [0.25, 0.3) is 0 Å². The fraction of sp³-hybridized carbons (Fsp3) is 0.667. The normalized spacial score (nSPS) is 27.7. The topological polar surface area (TPSA) is 23.8 Å². The highest BCUT2D eigenvalue weighted by Crippen LogP contribution is 2.44. The van der Waals surface area contributed by atoms with E-state index in [4.69, 9.17) is 5.26 Å². The van der Waals surface area contributed by atoms with Crippen molar-refractivity contribution >= 4 is 0 Å². The SMILES string of the molecule is N#Cc1ccc(C2CCC(C3CCC(CCCCCC/C=C/F)CC3)CC2)cc1. The van der Waals surface area contributed by atoms with Crippen LogP contribution < -0.4 is 0 Å². The van der Waals surface area contributed by atoms with Gasteiger partial charge >= 0.3 is 0 Å².